The van der Waals surface area contributed by atoms with Crippen LogP contribution in [0, 0.1) is 0 Å². The van der Waals surface area contributed by atoms with Gasteiger partial charge < -0.3 is 10.2 Å². The van der Waals surface area contributed by atoms with Crippen LogP contribution < -0.4 is 5.32 Å². The minimum Gasteiger partial charge on any atom is -0.324 e. The van der Waals surface area contributed by atoms with Gasteiger partial charge in [-0.25, -0.2) is 10.1 Å². The maximum absolute atomic E-state index is 11.5. The first-order chi connectivity index (χ1) is 9.22. The fourth-order valence-electron chi connectivity index (χ4n) is 1.87. The lowest BCUT2D eigenvalue weighted by atomic mass is 10.2. The predicted molar refractivity (Wildman–Crippen MR) is 66.4 cm³/mol. The van der Waals surface area contributed by atoms with Crippen molar-refractivity contribution in [1.29, 1.82) is 0 Å². The van der Waals surface area contributed by atoms with Crippen molar-refractivity contribution in [1.82, 2.24) is 10.2 Å². The van der Waals surface area contributed by atoms with E-state index in [1.54, 1.807) is 0 Å². The number of hydrogen-bond donors (Lipinski definition) is 2. The molecule has 1 fully saturated rings. The molecule has 1 aromatic rings. The first-order valence-electron chi connectivity index (χ1n) is 5.79. The molecule has 2 N–H and O–H groups in total. The molecular formula is C13H14N2O4. The van der Waals surface area contributed by atoms with Gasteiger partial charge in [-0.3, -0.25) is 9.59 Å². The molecule has 100 valence electrons. The van der Waals surface area contributed by atoms with Crippen LogP contribution in [0.5, 0.6) is 0 Å². The zero-order valence-corrected chi connectivity index (χ0v) is 10.2. The van der Waals surface area contributed by atoms with E-state index in [0.29, 0.717) is 18.5 Å². The molecule has 0 spiro atoms. The molecule has 0 aromatic heterocycles. The van der Waals surface area contributed by atoms with Gasteiger partial charge in [-0.2, -0.15) is 0 Å². The van der Waals surface area contributed by atoms with Gasteiger partial charge in [0.25, 0.3) is 5.91 Å². The minimum absolute atomic E-state index is 0.217. The first kappa shape index (κ1) is 13.3. The number of carbonyl (C=O) groups excluding carboxylic acids is 2. The molecule has 1 saturated heterocycles. The van der Waals surface area contributed by atoms with E-state index >= 15 is 0 Å². The van der Waals surface area contributed by atoms with Crippen molar-refractivity contribution in [3.63, 3.8) is 0 Å². The highest BCUT2D eigenvalue weighted by Gasteiger charge is 2.27. The van der Waals surface area contributed by atoms with Crippen molar-refractivity contribution in [2.75, 3.05) is 0 Å². The molecule has 0 saturated carbocycles. The largest absolute Gasteiger partial charge is 0.324 e. The molecule has 1 heterocycles. The number of nitrogens with zero attached hydrogens (tertiary/aromatic N) is 1. The Morgan fingerprint density at radius 3 is 2.74 bits per heavy atom. The maximum atomic E-state index is 11.5. The second kappa shape index (κ2) is 6.12. The Kier molecular flexibility index (Phi) is 4.27. The number of hydrogen-bond acceptors (Lipinski definition) is 4. The van der Waals surface area contributed by atoms with Gasteiger partial charge in [0.15, 0.2) is 6.23 Å². The van der Waals surface area contributed by atoms with Gasteiger partial charge in [0.2, 0.25) is 6.41 Å². The lowest BCUT2D eigenvalue weighted by Gasteiger charge is -2.13. The quantitative estimate of drug-likeness (QED) is 0.357. The molecule has 6 nitrogen and oxygen atoms in total. The summed E-state index contributed by atoms with van der Waals surface area (Å²) in [4.78, 5) is 28.0. The van der Waals surface area contributed by atoms with Gasteiger partial charge in [0, 0.05) is 24.7 Å². The molecule has 2 rings (SSSR count). The average molecular weight is 262 g/mol. The van der Waals surface area contributed by atoms with E-state index in [0.717, 1.165) is 5.56 Å². The molecule has 1 aliphatic heterocycles. The van der Waals surface area contributed by atoms with E-state index in [2.05, 4.69) is 10.2 Å². The summed E-state index contributed by atoms with van der Waals surface area (Å²) < 4.78 is 0. The summed E-state index contributed by atoms with van der Waals surface area (Å²) in [6.45, 7) is 0.381. The highest BCUT2D eigenvalue weighted by atomic mass is 17.1. The minimum atomic E-state index is -0.746. The van der Waals surface area contributed by atoms with E-state index in [1.807, 2.05) is 30.3 Å². The van der Waals surface area contributed by atoms with Crippen LogP contribution >= 0.6 is 0 Å². The zero-order chi connectivity index (χ0) is 13.7. The van der Waals surface area contributed by atoms with Crippen LogP contribution in [0.3, 0.4) is 0 Å². The summed E-state index contributed by atoms with van der Waals surface area (Å²) in [5.41, 5.74) is 1.35. The van der Waals surface area contributed by atoms with Crippen molar-refractivity contribution in [2.24, 2.45) is 0 Å². The highest BCUT2D eigenvalue weighted by molar-refractivity contribution is 5.95. The van der Waals surface area contributed by atoms with E-state index < -0.39 is 6.23 Å². The molecule has 19 heavy (non-hydrogen) atoms. The molecule has 1 unspecified atom stereocenters. The third kappa shape index (κ3) is 3.40. The summed E-state index contributed by atoms with van der Waals surface area (Å²) in [6.07, 6.45) is 1.59. The average Bonchev–Trinajstić information content (AvgIpc) is 2.80. The van der Waals surface area contributed by atoms with E-state index in [4.69, 9.17) is 5.26 Å². The third-order valence-electron chi connectivity index (χ3n) is 2.78. The molecule has 0 aliphatic carbocycles. The Morgan fingerprint density at radius 1 is 1.42 bits per heavy atom. The smallest absolute Gasteiger partial charge is 0.250 e. The maximum Gasteiger partial charge on any atom is 0.250 e. The molecule has 0 radical (unpaired) electrons. The second-order valence-corrected chi connectivity index (χ2v) is 4.19. The Balaban J connectivity index is 2.07. The van der Waals surface area contributed by atoms with Crippen LogP contribution in [0.4, 0.5) is 0 Å². The first-order valence-corrected chi connectivity index (χ1v) is 5.79. The Hall–Kier alpha value is -2.18. The SMILES string of the molecule is O=CN(/C=C1\CC(OO)NC1=O)Cc1ccccc1. The molecular weight excluding hydrogens is 248 g/mol. The summed E-state index contributed by atoms with van der Waals surface area (Å²) >= 11 is 0. The fraction of sp³-hybridized carbons (Fsp3) is 0.231. The second-order valence-electron chi connectivity index (χ2n) is 4.19. The lowest BCUT2D eigenvalue weighted by Crippen LogP contribution is -2.27. The zero-order valence-electron chi connectivity index (χ0n) is 10.2. The van der Waals surface area contributed by atoms with Crippen LogP contribution in [-0.4, -0.2) is 28.7 Å². The van der Waals surface area contributed by atoms with Crippen LogP contribution in [0.1, 0.15) is 12.0 Å². The van der Waals surface area contributed by atoms with Crippen molar-refractivity contribution in [2.45, 2.75) is 19.2 Å². The van der Waals surface area contributed by atoms with Gasteiger partial charge in [-0.05, 0) is 5.56 Å². The van der Waals surface area contributed by atoms with Crippen LogP contribution in [0.25, 0.3) is 0 Å². The Bertz CT molecular complexity index is 487. The third-order valence-corrected chi connectivity index (χ3v) is 2.78. The predicted octanol–water partition coefficient (Wildman–Crippen LogP) is 0.864. The molecule has 0 bridgehead atoms. The summed E-state index contributed by atoms with van der Waals surface area (Å²) in [6, 6.07) is 9.43. The normalized spacial score (nSPS) is 20.4. The number of rotatable bonds is 5. The van der Waals surface area contributed by atoms with E-state index in [9.17, 15) is 9.59 Å². The fourth-order valence-corrected chi connectivity index (χ4v) is 1.87. The topological polar surface area (TPSA) is 78.9 Å². The van der Waals surface area contributed by atoms with Gasteiger partial charge in [-0.15, -0.1) is 0 Å². The molecule has 6 heteroatoms. The van der Waals surface area contributed by atoms with Gasteiger partial charge in [0.1, 0.15) is 0 Å². The van der Waals surface area contributed by atoms with Gasteiger partial charge in [-0.1, -0.05) is 30.3 Å². The summed E-state index contributed by atoms with van der Waals surface area (Å²) in [5.74, 6) is -0.348. The Labute approximate surface area is 110 Å². The van der Waals surface area contributed by atoms with Crippen molar-refractivity contribution in [3.05, 3.63) is 47.7 Å². The van der Waals surface area contributed by atoms with Gasteiger partial charge >= 0.3 is 0 Å². The summed E-state index contributed by atoms with van der Waals surface area (Å²) in [5, 5.41) is 10.9. The van der Waals surface area contributed by atoms with Crippen molar-refractivity contribution >= 4 is 12.3 Å². The number of carbonyl (C=O) groups is 2. The van der Waals surface area contributed by atoms with Crippen LogP contribution in [0.15, 0.2) is 42.1 Å². The molecule has 2 amide bonds. The van der Waals surface area contributed by atoms with Crippen molar-refractivity contribution in [3.8, 4) is 0 Å². The highest BCUT2D eigenvalue weighted by Crippen LogP contribution is 2.16. The van der Waals surface area contributed by atoms with Gasteiger partial charge in [0.05, 0.1) is 0 Å². The number of benzene rings is 1. The van der Waals surface area contributed by atoms with E-state index in [1.165, 1.54) is 11.1 Å². The summed E-state index contributed by atoms with van der Waals surface area (Å²) in [7, 11) is 0. The van der Waals surface area contributed by atoms with Crippen LogP contribution in [0.2, 0.25) is 0 Å². The standard InChI is InChI=1S/C13H14N2O4/c16-9-15(7-10-4-2-1-3-5-10)8-11-6-12(19-18)14-13(11)17/h1-5,8-9,12,18H,6-7H2,(H,14,17)/b11-8+. The van der Waals surface area contributed by atoms with E-state index in [-0.39, 0.29) is 12.3 Å². The molecule has 1 atom stereocenters. The Morgan fingerprint density at radius 2 is 2.16 bits per heavy atom. The molecule has 1 aromatic carbocycles. The van der Waals surface area contributed by atoms with Crippen molar-refractivity contribution < 1.29 is 19.7 Å². The number of amides is 2. The lowest BCUT2D eigenvalue weighted by molar-refractivity contribution is -0.280. The monoisotopic (exact) mass is 262 g/mol. The van der Waals surface area contributed by atoms with Crippen LogP contribution in [-0.2, 0) is 21.0 Å². The number of nitrogens with one attached hydrogen (secondary N) is 1. The molecule has 1 aliphatic rings.